The molecule has 1 fully saturated rings. The molecular formula is C14H22N2S. The molecule has 3 heteroatoms. The van der Waals surface area contributed by atoms with E-state index in [0.717, 1.165) is 6.04 Å². The number of piperidine rings is 1. The summed E-state index contributed by atoms with van der Waals surface area (Å²) in [5, 5.41) is 5.90. The van der Waals surface area contributed by atoms with E-state index in [2.05, 4.69) is 21.7 Å². The molecule has 1 N–H and O–H groups in total. The van der Waals surface area contributed by atoms with Crippen molar-refractivity contribution >= 4 is 11.3 Å². The number of hydrogen-bond acceptors (Lipinski definition) is 3. The summed E-state index contributed by atoms with van der Waals surface area (Å²) in [7, 11) is 0. The monoisotopic (exact) mass is 250 g/mol. The van der Waals surface area contributed by atoms with Gasteiger partial charge < -0.3 is 5.32 Å². The third-order valence-electron chi connectivity index (χ3n) is 4.09. The Labute approximate surface area is 108 Å². The highest BCUT2D eigenvalue weighted by atomic mass is 32.1. The Kier molecular flexibility index (Phi) is 3.79. The smallest absolute Gasteiger partial charge is 0.0244 e. The van der Waals surface area contributed by atoms with Crippen molar-refractivity contribution in [1.82, 2.24) is 10.2 Å². The van der Waals surface area contributed by atoms with Crippen molar-refractivity contribution in [2.24, 2.45) is 0 Å². The summed E-state index contributed by atoms with van der Waals surface area (Å²) in [4.78, 5) is 4.25. The van der Waals surface area contributed by atoms with Crippen LogP contribution in [0.4, 0.5) is 0 Å². The van der Waals surface area contributed by atoms with Crippen molar-refractivity contribution < 1.29 is 0 Å². The zero-order valence-corrected chi connectivity index (χ0v) is 11.3. The van der Waals surface area contributed by atoms with Crippen molar-refractivity contribution in [3.63, 3.8) is 0 Å². The van der Waals surface area contributed by atoms with Crippen LogP contribution in [0.1, 0.15) is 36.1 Å². The molecule has 0 aromatic carbocycles. The summed E-state index contributed by atoms with van der Waals surface area (Å²) in [6.07, 6.45) is 6.78. The maximum Gasteiger partial charge on any atom is 0.0244 e. The van der Waals surface area contributed by atoms with E-state index < -0.39 is 0 Å². The molecule has 3 heterocycles. The quantitative estimate of drug-likeness (QED) is 0.887. The van der Waals surface area contributed by atoms with Gasteiger partial charge in [0.15, 0.2) is 0 Å². The lowest BCUT2D eigenvalue weighted by Gasteiger charge is -2.30. The van der Waals surface area contributed by atoms with Crippen LogP contribution in [0, 0.1) is 0 Å². The summed E-state index contributed by atoms with van der Waals surface area (Å²) in [6.45, 7) is 4.96. The predicted octanol–water partition coefficient (Wildman–Crippen LogP) is 2.64. The first-order chi connectivity index (χ1) is 8.42. The Morgan fingerprint density at radius 3 is 3.29 bits per heavy atom. The van der Waals surface area contributed by atoms with Gasteiger partial charge in [-0.25, -0.2) is 0 Å². The Hall–Kier alpha value is -0.380. The van der Waals surface area contributed by atoms with Gasteiger partial charge in [0.1, 0.15) is 0 Å². The topological polar surface area (TPSA) is 15.3 Å². The zero-order valence-electron chi connectivity index (χ0n) is 10.5. The molecule has 2 aliphatic rings. The summed E-state index contributed by atoms with van der Waals surface area (Å²) in [5.74, 6) is 0. The highest BCUT2D eigenvalue weighted by Crippen LogP contribution is 2.24. The fraction of sp³-hybridized carbons (Fsp3) is 0.714. The normalized spacial score (nSPS) is 25.8. The van der Waals surface area contributed by atoms with Gasteiger partial charge in [-0.15, -0.1) is 11.3 Å². The maximum atomic E-state index is 3.65. The second-order valence-electron chi connectivity index (χ2n) is 5.33. The molecule has 1 saturated heterocycles. The molecule has 0 aliphatic carbocycles. The fourth-order valence-corrected chi connectivity index (χ4v) is 3.90. The second kappa shape index (κ2) is 5.51. The van der Waals surface area contributed by atoms with E-state index in [1.54, 1.807) is 10.4 Å². The van der Waals surface area contributed by atoms with E-state index in [-0.39, 0.29) is 0 Å². The molecule has 1 aromatic rings. The summed E-state index contributed by atoms with van der Waals surface area (Å²) in [5.41, 5.74) is 1.58. The average molecular weight is 250 g/mol. The van der Waals surface area contributed by atoms with Gasteiger partial charge in [0.2, 0.25) is 0 Å². The van der Waals surface area contributed by atoms with Crippen LogP contribution < -0.4 is 5.32 Å². The van der Waals surface area contributed by atoms with Gasteiger partial charge in [0.05, 0.1) is 0 Å². The number of nitrogens with zero attached hydrogens (tertiary/aromatic N) is 1. The number of thiophene rings is 1. The van der Waals surface area contributed by atoms with Crippen LogP contribution in [-0.4, -0.2) is 30.6 Å². The third kappa shape index (κ3) is 2.90. The van der Waals surface area contributed by atoms with Crippen LogP contribution in [0.3, 0.4) is 0 Å². The lowest BCUT2D eigenvalue weighted by molar-refractivity contribution is 0.232. The Morgan fingerprint density at radius 1 is 1.41 bits per heavy atom. The molecule has 2 aliphatic heterocycles. The van der Waals surface area contributed by atoms with Crippen LogP contribution in [0.2, 0.25) is 0 Å². The van der Waals surface area contributed by atoms with Crippen molar-refractivity contribution in [3.05, 3.63) is 21.9 Å². The molecule has 1 aromatic heterocycles. The molecule has 94 valence electrons. The number of hydrogen-bond donors (Lipinski definition) is 1. The van der Waals surface area contributed by atoms with Crippen molar-refractivity contribution in [3.8, 4) is 0 Å². The number of nitrogens with one attached hydrogen (secondary N) is 1. The number of fused-ring (bicyclic) bond motifs is 1. The molecule has 0 spiro atoms. The summed E-state index contributed by atoms with van der Waals surface area (Å²) in [6, 6.07) is 3.10. The molecule has 0 radical (unpaired) electrons. The Balaban J connectivity index is 1.47. The minimum atomic E-state index is 0.785. The Bertz CT molecular complexity index is 355. The molecule has 0 amide bonds. The lowest BCUT2D eigenvalue weighted by atomic mass is 10.0. The van der Waals surface area contributed by atoms with Gasteiger partial charge >= 0.3 is 0 Å². The van der Waals surface area contributed by atoms with Gasteiger partial charge in [0, 0.05) is 24.0 Å². The van der Waals surface area contributed by atoms with Gasteiger partial charge in [-0.05, 0) is 55.8 Å². The lowest BCUT2D eigenvalue weighted by Crippen LogP contribution is -2.38. The Morgan fingerprint density at radius 2 is 2.41 bits per heavy atom. The standard InChI is InChI=1S/C14H22N2S/c1-2-7-15-13(3-1)4-8-16-9-5-14-12(11-16)6-10-17-14/h6,10,13,15H,1-5,7-9,11H2/t13-/m0/s1. The summed E-state index contributed by atoms with van der Waals surface area (Å²) >= 11 is 1.93. The van der Waals surface area contributed by atoms with Crippen LogP contribution in [0.25, 0.3) is 0 Å². The molecule has 0 bridgehead atoms. The van der Waals surface area contributed by atoms with Crippen LogP contribution in [0.15, 0.2) is 11.4 Å². The predicted molar refractivity (Wildman–Crippen MR) is 73.6 cm³/mol. The van der Waals surface area contributed by atoms with Crippen LogP contribution in [-0.2, 0) is 13.0 Å². The molecule has 0 unspecified atom stereocenters. The maximum absolute atomic E-state index is 3.65. The van der Waals surface area contributed by atoms with Gasteiger partial charge in [-0.3, -0.25) is 4.90 Å². The molecule has 17 heavy (non-hydrogen) atoms. The van der Waals surface area contributed by atoms with Crippen LogP contribution >= 0.6 is 11.3 Å². The van der Waals surface area contributed by atoms with E-state index in [0.29, 0.717) is 0 Å². The first kappa shape index (κ1) is 11.7. The molecule has 2 nitrogen and oxygen atoms in total. The molecular weight excluding hydrogens is 228 g/mol. The minimum Gasteiger partial charge on any atom is -0.314 e. The molecule has 0 saturated carbocycles. The SMILES string of the molecule is c1cc2c(s1)CCN(CC[C@@H]1CCCCN1)C2. The highest BCUT2D eigenvalue weighted by molar-refractivity contribution is 7.10. The first-order valence-electron chi connectivity index (χ1n) is 6.93. The van der Waals surface area contributed by atoms with E-state index in [1.165, 1.54) is 58.3 Å². The largest absolute Gasteiger partial charge is 0.314 e. The first-order valence-corrected chi connectivity index (χ1v) is 7.81. The van der Waals surface area contributed by atoms with E-state index in [9.17, 15) is 0 Å². The second-order valence-corrected chi connectivity index (χ2v) is 6.33. The van der Waals surface area contributed by atoms with E-state index in [1.807, 2.05) is 11.3 Å². The minimum absolute atomic E-state index is 0.785. The highest BCUT2D eigenvalue weighted by Gasteiger charge is 2.19. The van der Waals surface area contributed by atoms with Crippen LogP contribution in [0.5, 0.6) is 0 Å². The molecule has 1 atom stereocenters. The van der Waals surface area contributed by atoms with Gasteiger partial charge in [-0.1, -0.05) is 6.42 Å². The average Bonchev–Trinajstić information content (AvgIpc) is 2.85. The summed E-state index contributed by atoms with van der Waals surface area (Å²) < 4.78 is 0. The van der Waals surface area contributed by atoms with E-state index >= 15 is 0 Å². The van der Waals surface area contributed by atoms with Crippen molar-refractivity contribution in [1.29, 1.82) is 0 Å². The van der Waals surface area contributed by atoms with Gasteiger partial charge in [0.25, 0.3) is 0 Å². The third-order valence-corrected chi connectivity index (χ3v) is 5.12. The number of rotatable bonds is 3. The van der Waals surface area contributed by atoms with Crippen molar-refractivity contribution in [2.45, 2.75) is 44.7 Å². The zero-order chi connectivity index (χ0) is 11.5. The van der Waals surface area contributed by atoms with Crippen molar-refractivity contribution in [2.75, 3.05) is 19.6 Å². The molecule has 3 rings (SSSR count). The van der Waals surface area contributed by atoms with Gasteiger partial charge in [-0.2, -0.15) is 0 Å². The van der Waals surface area contributed by atoms with E-state index in [4.69, 9.17) is 0 Å². The fourth-order valence-electron chi connectivity index (χ4n) is 3.01.